The predicted molar refractivity (Wildman–Crippen MR) is 93.9 cm³/mol. The van der Waals surface area contributed by atoms with E-state index in [2.05, 4.69) is 4.98 Å². The van der Waals surface area contributed by atoms with Crippen molar-refractivity contribution < 1.29 is 9.84 Å². The molecule has 0 fully saturated rings. The van der Waals surface area contributed by atoms with Gasteiger partial charge in [0.25, 0.3) is 0 Å². The summed E-state index contributed by atoms with van der Waals surface area (Å²) < 4.78 is 5.62. The highest BCUT2D eigenvalue weighted by atomic mass is 35.5. The summed E-state index contributed by atoms with van der Waals surface area (Å²) in [5.74, 6) is 0.108. The van der Waals surface area contributed by atoms with E-state index in [1.807, 2.05) is 26.0 Å². The number of methoxy groups -OCH3 is 1. The quantitative estimate of drug-likeness (QED) is 0.831. The predicted octanol–water partition coefficient (Wildman–Crippen LogP) is 4.49. The van der Waals surface area contributed by atoms with Crippen LogP contribution in [0.25, 0.3) is 0 Å². The molecule has 0 bridgehead atoms. The SMILES string of the molecule is COC(C(C)C)C(O)(Cc1ccc(Cl)cc1Cl)c1cccnc1. The summed E-state index contributed by atoms with van der Waals surface area (Å²) in [6.45, 7) is 4.03. The highest BCUT2D eigenvalue weighted by Crippen LogP contribution is 2.36. The van der Waals surface area contributed by atoms with Crippen molar-refractivity contribution in [2.24, 2.45) is 5.92 Å². The summed E-state index contributed by atoms with van der Waals surface area (Å²) in [6.07, 6.45) is 3.25. The molecule has 1 heterocycles. The molecule has 0 saturated carbocycles. The minimum absolute atomic E-state index is 0.108. The van der Waals surface area contributed by atoms with Gasteiger partial charge in [-0.1, -0.05) is 49.2 Å². The number of benzene rings is 1. The lowest BCUT2D eigenvalue weighted by atomic mass is 9.79. The number of rotatable bonds is 6. The largest absolute Gasteiger partial charge is 0.382 e. The number of ether oxygens (including phenoxy) is 1. The molecule has 5 heteroatoms. The number of halogens is 2. The molecule has 1 aromatic carbocycles. The highest BCUT2D eigenvalue weighted by Gasteiger charge is 2.41. The monoisotopic (exact) mass is 353 g/mol. The molecule has 0 saturated heterocycles. The van der Waals surface area contributed by atoms with Crippen molar-refractivity contribution in [3.63, 3.8) is 0 Å². The van der Waals surface area contributed by atoms with E-state index >= 15 is 0 Å². The third kappa shape index (κ3) is 4.04. The first kappa shape index (κ1) is 18.2. The first-order valence-electron chi connectivity index (χ1n) is 7.48. The molecule has 3 nitrogen and oxygen atoms in total. The lowest BCUT2D eigenvalue weighted by Gasteiger charge is -2.38. The molecule has 23 heavy (non-hydrogen) atoms. The molecule has 0 radical (unpaired) electrons. The maximum Gasteiger partial charge on any atom is 0.121 e. The van der Waals surface area contributed by atoms with Crippen LogP contribution in [-0.4, -0.2) is 23.3 Å². The molecule has 2 rings (SSSR count). The maximum atomic E-state index is 11.5. The molecule has 0 aliphatic carbocycles. The third-order valence-electron chi connectivity index (χ3n) is 3.97. The van der Waals surface area contributed by atoms with Gasteiger partial charge in [-0.25, -0.2) is 0 Å². The Hall–Kier alpha value is -1.13. The van der Waals surface area contributed by atoms with Crippen LogP contribution in [0.2, 0.25) is 10.0 Å². The first-order valence-corrected chi connectivity index (χ1v) is 8.23. The van der Waals surface area contributed by atoms with Crippen LogP contribution in [-0.2, 0) is 16.8 Å². The molecular formula is C18H21Cl2NO2. The number of pyridine rings is 1. The van der Waals surface area contributed by atoms with Gasteiger partial charge in [-0.05, 0) is 29.7 Å². The van der Waals surface area contributed by atoms with Gasteiger partial charge in [0.15, 0.2) is 0 Å². The lowest BCUT2D eigenvalue weighted by Crippen LogP contribution is -2.46. The van der Waals surface area contributed by atoms with Crippen molar-refractivity contribution >= 4 is 23.2 Å². The normalized spacial score (nSPS) is 15.4. The average Bonchev–Trinajstić information content (AvgIpc) is 2.51. The van der Waals surface area contributed by atoms with Gasteiger partial charge in [0, 0.05) is 41.5 Å². The second kappa shape index (κ2) is 7.63. The van der Waals surface area contributed by atoms with Crippen LogP contribution in [0.1, 0.15) is 25.0 Å². The van der Waals surface area contributed by atoms with Gasteiger partial charge in [-0.3, -0.25) is 4.98 Å². The Labute approximate surface area is 147 Å². The standard InChI is InChI=1S/C18H21Cl2NO2/c1-12(2)17(23-3)18(22,14-5-4-8-21-11-14)10-13-6-7-15(19)9-16(13)20/h4-9,11-12,17,22H,10H2,1-3H3. The van der Waals surface area contributed by atoms with Crippen molar-refractivity contribution in [3.8, 4) is 0 Å². The van der Waals surface area contributed by atoms with Gasteiger partial charge in [0.1, 0.15) is 5.60 Å². The van der Waals surface area contributed by atoms with E-state index in [-0.39, 0.29) is 5.92 Å². The highest BCUT2D eigenvalue weighted by molar-refractivity contribution is 6.35. The molecule has 0 amide bonds. The molecule has 2 aromatic rings. The number of aromatic nitrogens is 1. The van der Waals surface area contributed by atoms with E-state index < -0.39 is 11.7 Å². The fourth-order valence-corrected chi connectivity index (χ4v) is 3.44. The molecule has 1 N–H and O–H groups in total. The van der Waals surface area contributed by atoms with E-state index in [1.54, 1.807) is 37.7 Å². The van der Waals surface area contributed by atoms with Crippen LogP contribution < -0.4 is 0 Å². The molecule has 0 aliphatic heterocycles. The van der Waals surface area contributed by atoms with Crippen molar-refractivity contribution in [2.75, 3.05) is 7.11 Å². The number of hydrogen-bond acceptors (Lipinski definition) is 3. The number of nitrogens with zero attached hydrogens (tertiary/aromatic N) is 1. The smallest absolute Gasteiger partial charge is 0.121 e. The zero-order valence-electron chi connectivity index (χ0n) is 13.5. The van der Waals surface area contributed by atoms with Gasteiger partial charge in [-0.15, -0.1) is 0 Å². The second-order valence-electron chi connectivity index (χ2n) is 5.98. The first-order chi connectivity index (χ1) is 10.9. The molecule has 2 unspecified atom stereocenters. The van der Waals surface area contributed by atoms with E-state index in [1.165, 1.54) is 0 Å². The summed E-state index contributed by atoms with van der Waals surface area (Å²) in [5.41, 5.74) is 0.269. The Kier molecular flexibility index (Phi) is 6.04. The topological polar surface area (TPSA) is 42.4 Å². The Morgan fingerprint density at radius 3 is 2.52 bits per heavy atom. The van der Waals surface area contributed by atoms with E-state index in [0.717, 1.165) is 5.56 Å². The lowest BCUT2D eigenvalue weighted by molar-refractivity contribution is -0.119. The van der Waals surface area contributed by atoms with E-state index in [4.69, 9.17) is 27.9 Å². The van der Waals surface area contributed by atoms with Crippen LogP contribution in [0, 0.1) is 5.92 Å². The van der Waals surface area contributed by atoms with Gasteiger partial charge in [-0.2, -0.15) is 0 Å². The van der Waals surface area contributed by atoms with Crippen LogP contribution in [0.3, 0.4) is 0 Å². The van der Waals surface area contributed by atoms with Gasteiger partial charge in [0.2, 0.25) is 0 Å². The van der Waals surface area contributed by atoms with E-state index in [0.29, 0.717) is 22.0 Å². The Morgan fingerprint density at radius 2 is 2.00 bits per heavy atom. The zero-order chi connectivity index (χ0) is 17.0. The Balaban J connectivity index is 2.49. The Bertz CT molecular complexity index is 649. The van der Waals surface area contributed by atoms with E-state index in [9.17, 15) is 5.11 Å². The molecule has 124 valence electrons. The molecule has 0 spiro atoms. The molecule has 2 atom stereocenters. The minimum atomic E-state index is -1.24. The van der Waals surface area contributed by atoms with Crippen LogP contribution in [0.5, 0.6) is 0 Å². The van der Waals surface area contributed by atoms with Crippen molar-refractivity contribution in [1.82, 2.24) is 4.98 Å². The number of hydrogen-bond donors (Lipinski definition) is 1. The van der Waals surface area contributed by atoms with Gasteiger partial charge in [0.05, 0.1) is 6.10 Å². The average molecular weight is 354 g/mol. The third-order valence-corrected chi connectivity index (χ3v) is 4.55. The summed E-state index contributed by atoms with van der Waals surface area (Å²) in [6, 6.07) is 8.93. The molecule has 0 aliphatic rings. The summed E-state index contributed by atoms with van der Waals surface area (Å²) in [4.78, 5) is 4.14. The molecular weight excluding hydrogens is 333 g/mol. The summed E-state index contributed by atoms with van der Waals surface area (Å²) in [7, 11) is 1.61. The fraction of sp³-hybridized carbons (Fsp3) is 0.389. The Morgan fingerprint density at radius 1 is 1.26 bits per heavy atom. The van der Waals surface area contributed by atoms with Gasteiger partial charge >= 0.3 is 0 Å². The zero-order valence-corrected chi connectivity index (χ0v) is 15.0. The molecule has 1 aromatic heterocycles. The summed E-state index contributed by atoms with van der Waals surface area (Å²) in [5, 5.41) is 12.6. The second-order valence-corrected chi connectivity index (χ2v) is 6.82. The minimum Gasteiger partial charge on any atom is -0.382 e. The summed E-state index contributed by atoms with van der Waals surface area (Å²) >= 11 is 12.3. The van der Waals surface area contributed by atoms with Crippen LogP contribution in [0.15, 0.2) is 42.7 Å². The fourth-order valence-electron chi connectivity index (χ4n) is 2.96. The van der Waals surface area contributed by atoms with Gasteiger partial charge < -0.3 is 9.84 Å². The number of aliphatic hydroxyl groups is 1. The van der Waals surface area contributed by atoms with Crippen LogP contribution in [0.4, 0.5) is 0 Å². The van der Waals surface area contributed by atoms with Crippen molar-refractivity contribution in [3.05, 3.63) is 63.9 Å². The van der Waals surface area contributed by atoms with Crippen LogP contribution >= 0.6 is 23.2 Å². The maximum absolute atomic E-state index is 11.5. The van der Waals surface area contributed by atoms with Crippen molar-refractivity contribution in [1.29, 1.82) is 0 Å². The van der Waals surface area contributed by atoms with Crippen molar-refractivity contribution in [2.45, 2.75) is 32.0 Å².